The monoisotopic (exact) mass is 482 g/mol. The van der Waals surface area contributed by atoms with Gasteiger partial charge < -0.3 is 15.1 Å². The minimum absolute atomic E-state index is 0.219. The third-order valence-corrected chi connectivity index (χ3v) is 6.11. The molecule has 1 fully saturated rings. The van der Waals surface area contributed by atoms with E-state index in [-0.39, 0.29) is 35.9 Å². The maximum atomic E-state index is 13.3. The van der Waals surface area contributed by atoms with E-state index in [2.05, 4.69) is 10.3 Å². The minimum atomic E-state index is -4.66. The molecule has 1 aromatic carbocycles. The standard InChI is InChI=1S/C20H21F3N6O3S/c1-12-11-29(19(30)27-15-4-6-18(26-9-15)33(25,31)32)13(2)10-28(12)16-5-3-14(8-24)17(7-16)20(21,22)23/h3-7,9,12-13H,10-11H2,1-2H3,(H,27,30)(H2,25,31,32). The van der Waals surface area contributed by atoms with E-state index < -0.39 is 33.4 Å². The lowest BCUT2D eigenvalue weighted by Crippen LogP contribution is -2.59. The summed E-state index contributed by atoms with van der Waals surface area (Å²) in [6, 6.07) is 6.51. The summed E-state index contributed by atoms with van der Waals surface area (Å²) in [4.78, 5) is 19.8. The second kappa shape index (κ2) is 8.87. The van der Waals surface area contributed by atoms with Crippen LogP contribution in [0, 0.1) is 11.3 Å². The number of benzene rings is 1. The summed E-state index contributed by atoms with van der Waals surface area (Å²) in [5, 5.41) is 16.3. The fourth-order valence-corrected chi connectivity index (χ4v) is 4.09. The van der Waals surface area contributed by atoms with E-state index in [1.165, 1.54) is 17.0 Å². The average Bonchev–Trinajstić information content (AvgIpc) is 2.73. The van der Waals surface area contributed by atoms with Crippen molar-refractivity contribution in [2.75, 3.05) is 23.3 Å². The van der Waals surface area contributed by atoms with E-state index in [0.29, 0.717) is 5.69 Å². The topological polar surface area (TPSA) is 132 Å². The van der Waals surface area contributed by atoms with Crippen LogP contribution in [0.15, 0.2) is 41.6 Å². The molecule has 0 bridgehead atoms. The Hall–Kier alpha value is -3.37. The van der Waals surface area contributed by atoms with Gasteiger partial charge in [-0.15, -0.1) is 0 Å². The Labute approximate surface area is 188 Å². The number of nitrogens with zero attached hydrogens (tertiary/aromatic N) is 4. The second-order valence-corrected chi connectivity index (χ2v) is 9.21. The first-order chi connectivity index (χ1) is 15.3. The molecule has 0 spiro atoms. The van der Waals surface area contributed by atoms with Crippen LogP contribution in [0.1, 0.15) is 25.0 Å². The van der Waals surface area contributed by atoms with Crippen molar-refractivity contribution in [2.45, 2.75) is 37.1 Å². The third kappa shape index (κ3) is 5.35. The van der Waals surface area contributed by atoms with Crippen molar-refractivity contribution in [1.29, 1.82) is 5.26 Å². The molecule has 9 nitrogen and oxygen atoms in total. The van der Waals surface area contributed by atoms with Crippen LogP contribution in [0.5, 0.6) is 0 Å². The lowest BCUT2D eigenvalue weighted by atomic mass is 10.0. The van der Waals surface area contributed by atoms with E-state index in [1.807, 2.05) is 0 Å². The number of primary sulfonamides is 1. The molecule has 1 saturated heterocycles. The van der Waals surface area contributed by atoms with Crippen LogP contribution in [0.25, 0.3) is 0 Å². The molecule has 13 heteroatoms. The highest BCUT2D eigenvalue weighted by Crippen LogP contribution is 2.35. The predicted molar refractivity (Wildman–Crippen MR) is 114 cm³/mol. The fraction of sp³-hybridized carbons (Fsp3) is 0.350. The molecule has 2 amide bonds. The molecule has 1 aliphatic rings. The van der Waals surface area contributed by atoms with Crippen LogP contribution in [0.4, 0.5) is 29.3 Å². The summed E-state index contributed by atoms with van der Waals surface area (Å²) in [5.41, 5.74) is -0.884. The Morgan fingerprint density at radius 3 is 2.45 bits per heavy atom. The zero-order valence-corrected chi connectivity index (χ0v) is 18.5. The van der Waals surface area contributed by atoms with E-state index in [9.17, 15) is 26.4 Å². The van der Waals surface area contributed by atoms with Crippen LogP contribution >= 0.6 is 0 Å². The molecule has 2 unspecified atom stereocenters. The molecule has 3 rings (SSSR count). The maximum absolute atomic E-state index is 13.3. The number of rotatable bonds is 3. The largest absolute Gasteiger partial charge is 0.417 e. The van der Waals surface area contributed by atoms with Gasteiger partial charge in [-0.1, -0.05) is 0 Å². The van der Waals surface area contributed by atoms with Gasteiger partial charge in [-0.05, 0) is 44.2 Å². The molecule has 1 aliphatic heterocycles. The predicted octanol–water partition coefficient (Wildman–Crippen LogP) is 2.75. The van der Waals surface area contributed by atoms with Crippen molar-refractivity contribution < 1.29 is 26.4 Å². The van der Waals surface area contributed by atoms with Crippen LogP contribution in [-0.4, -0.2) is 49.5 Å². The number of carbonyl (C=O) groups is 1. The number of aromatic nitrogens is 1. The number of piperazine rings is 1. The summed E-state index contributed by atoms with van der Waals surface area (Å²) >= 11 is 0. The highest BCUT2D eigenvalue weighted by Gasteiger charge is 2.36. The molecule has 3 N–H and O–H groups in total. The van der Waals surface area contributed by atoms with Gasteiger partial charge in [0.25, 0.3) is 10.0 Å². The first kappa shape index (κ1) is 24.3. The SMILES string of the molecule is CC1CN(c2ccc(C#N)c(C(F)(F)F)c2)C(C)CN1C(=O)Nc1ccc(S(N)(=O)=O)nc1. The summed E-state index contributed by atoms with van der Waals surface area (Å²) < 4.78 is 62.6. The Balaban J connectivity index is 1.75. The Morgan fingerprint density at radius 1 is 1.21 bits per heavy atom. The number of pyridine rings is 1. The normalized spacial score (nSPS) is 19.2. The van der Waals surface area contributed by atoms with Gasteiger partial charge in [-0.3, -0.25) is 0 Å². The number of sulfonamides is 1. The molecular formula is C20H21F3N6O3S. The molecular weight excluding hydrogens is 461 g/mol. The number of nitriles is 1. The quantitative estimate of drug-likeness (QED) is 0.691. The maximum Gasteiger partial charge on any atom is 0.417 e. The number of halogens is 3. The number of hydrogen-bond acceptors (Lipinski definition) is 6. The third-order valence-electron chi connectivity index (χ3n) is 5.29. The number of hydrogen-bond donors (Lipinski definition) is 2. The van der Waals surface area contributed by atoms with Gasteiger partial charge >= 0.3 is 12.2 Å². The minimum Gasteiger partial charge on any atom is -0.365 e. The molecule has 1 aromatic heterocycles. The van der Waals surface area contributed by atoms with Crippen LogP contribution in [0.2, 0.25) is 0 Å². The Morgan fingerprint density at radius 2 is 1.91 bits per heavy atom. The Kier molecular flexibility index (Phi) is 6.53. The van der Waals surface area contributed by atoms with Gasteiger partial charge in [0.2, 0.25) is 0 Å². The molecule has 2 aromatic rings. The van der Waals surface area contributed by atoms with Gasteiger partial charge in [-0.25, -0.2) is 23.3 Å². The first-order valence-electron chi connectivity index (χ1n) is 9.75. The zero-order valence-electron chi connectivity index (χ0n) is 17.7. The van der Waals surface area contributed by atoms with Crippen molar-refractivity contribution in [1.82, 2.24) is 9.88 Å². The number of alkyl halides is 3. The fourth-order valence-electron chi connectivity index (χ4n) is 3.63. The first-order valence-corrected chi connectivity index (χ1v) is 11.3. The van der Waals surface area contributed by atoms with Gasteiger partial charge in [0.05, 0.1) is 29.1 Å². The van der Waals surface area contributed by atoms with E-state index >= 15 is 0 Å². The number of amides is 2. The van der Waals surface area contributed by atoms with Crippen LogP contribution in [-0.2, 0) is 16.2 Å². The van der Waals surface area contributed by atoms with Crippen molar-refractivity contribution in [3.8, 4) is 6.07 Å². The molecule has 2 atom stereocenters. The number of nitrogens with one attached hydrogen (secondary N) is 1. The van der Waals surface area contributed by atoms with Crippen molar-refractivity contribution >= 4 is 27.4 Å². The molecule has 2 heterocycles. The van der Waals surface area contributed by atoms with Crippen LogP contribution < -0.4 is 15.4 Å². The molecule has 0 radical (unpaired) electrons. The summed E-state index contributed by atoms with van der Waals surface area (Å²) in [5.74, 6) is 0. The summed E-state index contributed by atoms with van der Waals surface area (Å²) in [6.45, 7) is 4.02. The van der Waals surface area contributed by atoms with E-state index in [0.717, 1.165) is 24.4 Å². The number of urea groups is 1. The highest BCUT2D eigenvalue weighted by molar-refractivity contribution is 7.89. The van der Waals surface area contributed by atoms with Gasteiger partial charge in [0, 0.05) is 30.9 Å². The molecule has 176 valence electrons. The zero-order chi connectivity index (χ0) is 24.6. The van der Waals surface area contributed by atoms with Crippen LogP contribution in [0.3, 0.4) is 0 Å². The van der Waals surface area contributed by atoms with Gasteiger partial charge in [0.1, 0.15) is 0 Å². The van der Waals surface area contributed by atoms with E-state index in [4.69, 9.17) is 10.4 Å². The summed E-state index contributed by atoms with van der Waals surface area (Å²) in [7, 11) is -3.96. The van der Waals surface area contributed by atoms with Crippen molar-refractivity contribution in [3.05, 3.63) is 47.7 Å². The molecule has 33 heavy (non-hydrogen) atoms. The number of carbonyl (C=O) groups excluding carboxylic acids is 1. The average molecular weight is 482 g/mol. The lowest BCUT2D eigenvalue weighted by Gasteiger charge is -2.45. The van der Waals surface area contributed by atoms with Crippen molar-refractivity contribution in [3.63, 3.8) is 0 Å². The lowest BCUT2D eigenvalue weighted by molar-refractivity contribution is -0.137. The van der Waals surface area contributed by atoms with E-state index in [1.54, 1.807) is 24.8 Å². The summed E-state index contributed by atoms with van der Waals surface area (Å²) in [6.07, 6.45) is -3.50. The van der Waals surface area contributed by atoms with Gasteiger partial charge in [0.15, 0.2) is 5.03 Å². The number of nitrogens with two attached hydrogens (primary N) is 1. The smallest absolute Gasteiger partial charge is 0.365 e. The highest BCUT2D eigenvalue weighted by atomic mass is 32.2. The second-order valence-electron chi connectivity index (χ2n) is 7.70. The Bertz CT molecular complexity index is 1200. The van der Waals surface area contributed by atoms with Crippen molar-refractivity contribution in [2.24, 2.45) is 5.14 Å². The molecule has 0 saturated carbocycles. The molecule has 0 aliphatic carbocycles. The number of anilines is 2. The van der Waals surface area contributed by atoms with Gasteiger partial charge in [-0.2, -0.15) is 18.4 Å².